The van der Waals surface area contributed by atoms with Crippen LogP contribution in [0.1, 0.15) is 30.9 Å². The van der Waals surface area contributed by atoms with Gasteiger partial charge in [0.1, 0.15) is 0 Å². The van der Waals surface area contributed by atoms with Crippen molar-refractivity contribution in [2.75, 3.05) is 10.5 Å². The van der Waals surface area contributed by atoms with Crippen molar-refractivity contribution in [1.82, 2.24) is 0 Å². The fourth-order valence-corrected chi connectivity index (χ4v) is 3.03. The lowest BCUT2D eigenvalue weighted by Gasteiger charge is -2.11. The van der Waals surface area contributed by atoms with E-state index in [9.17, 15) is 8.42 Å². The second-order valence-corrected chi connectivity index (χ2v) is 7.08. The number of anilines is 2. The van der Waals surface area contributed by atoms with Gasteiger partial charge in [0.15, 0.2) is 0 Å². The monoisotopic (exact) mass is 304 g/mol. The molecule has 0 saturated carbocycles. The summed E-state index contributed by atoms with van der Waals surface area (Å²) < 4.78 is 27.2. The zero-order chi connectivity index (χ0) is 15.6. The molecule has 0 fully saturated rings. The molecule has 21 heavy (non-hydrogen) atoms. The number of benzene rings is 2. The summed E-state index contributed by atoms with van der Waals surface area (Å²) in [5.74, 6) is 0.370. The standard InChI is InChI=1S/C16H20N2O2S/c1-11(2)13-4-7-15(8-5-13)21(19,20)18-14-6-9-16(17)12(3)10-14/h4-11,18H,17H2,1-3H3. The van der Waals surface area contributed by atoms with E-state index >= 15 is 0 Å². The predicted molar refractivity (Wildman–Crippen MR) is 86.9 cm³/mol. The number of rotatable bonds is 4. The van der Waals surface area contributed by atoms with E-state index in [1.807, 2.05) is 19.1 Å². The summed E-state index contributed by atoms with van der Waals surface area (Å²) in [4.78, 5) is 0.251. The Kier molecular flexibility index (Phi) is 4.23. The molecule has 0 radical (unpaired) electrons. The van der Waals surface area contributed by atoms with Gasteiger partial charge in [-0.3, -0.25) is 4.72 Å². The van der Waals surface area contributed by atoms with Crippen LogP contribution in [0.2, 0.25) is 0 Å². The van der Waals surface area contributed by atoms with Crippen LogP contribution < -0.4 is 10.5 Å². The minimum atomic E-state index is -3.58. The molecule has 0 aliphatic heterocycles. The van der Waals surface area contributed by atoms with E-state index in [1.165, 1.54) is 0 Å². The Labute approximate surface area is 126 Å². The van der Waals surface area contributed by atoms with Gasteiger partial charge in [0.05, 0.1) is 4.90 Å². The van der Waals surface area contributed by atoms with Crippen molar-refractivity contribution in [2.45, 2.75) is 31.6 Å². The molecule has 0 heterocycles. The molecule has 0 spiro atoms. The van der Waals surface area contributed by atoms with Gasteiger partial charge in [-0.05, 0) is 54.3 Å². The van der Waals surface area contributed by atoms with Crippen molar-refractivity contribution in [3.8, 4) is 0 Å². The fraction of sp³-hybridized carbons (Fsp3) is 0.250. The maximum atomic E-state index is 12.3. The smallest absolute Gasteiger partial charge is 0.261 e. The molecule has 0 unspecified atom stereocenters. The number of hydrogen-bond donors (Lipinski definition) is 2. The molecule has 2 aromatic carbocycles. The SMILES string of the molecule is Cc1cc(NS(=O)(=O)c2ccc(C(C)C)cc2)ccc1N. The normalized spacial score (nSPS) is 11.6. The Morgan fingerprint density at radius 2 is 1.67 bits per heavy atom. The van der Waals surface area contributed by atoms with Gasteiger partial charge >= 0.3 is 0 Å². The summed E-state index contributed by atoms with van der Waals surface area (Å²) in [6.45, 7) is 5.97. The lowest BCUT2D eigenvalue weighted by Crippen LogP contribution is -2.13. The molecular weight excluding hydrogens is 284 g/mol. The first kappa shape index (κ1) is 15.4. The molecule has 0 amide bonds. The van der Waals surface area contributed by atoms with Gasteiger partial charge in [-0.25, -0.2) is 8.42 Å². The van der Waals surface area contributed by atoms with Crippen molar-refractivity contribution in [3.05, 3.63) is 53.6 Å². The Morgan fingerprint density at radius 1 is 1.05 bits per heavy atom. The molecule has 3 N–H and O–H groups in total. The van der Waals surface area contributed by atoms with Gasteiger partial charge in [0, 0.05) is 11.4 Å². The number of nitrogen functional groups attached to an aromatic ring is 1. The minimum Gasteiger partial charge on any atom is -0.399 e. The van der Waals surface area contributed by atoms with Crippen LogP contribution in [0, 0.1) is 6.92 Å². The van der Waals surface area contributed by atoms with Gasteiger partial charge in [0.2, 0.25) is 0 Å². The predicted octanol–water partition coefficient (Wildman–Crippen LogP) is 3.50. The summed E-state index contributed by atoms with van der Waals surface area (Å²) in [5, 5.41) is 0. The van der Waals surface area contributed by atoms with Crippen molar-refractivity contribution in [3.63, 3.8) is 0 Å². The van der Waals surface area contributed by atoms with Crippen molar-refractivity contribution >= 4 is 21.4 Å². The third-order valence-corrected chi connectivity index (χ3v) is 4.78. The summed E-state index contributed by atoms with van der Waals surface area (Å²) in [6.07, 6.45) is 0. The topological polar surface area (TPSA) is 72.2 Å². The molecule has 0 aliphatic rings. The molecule has 5 heteroatoms. The Morgan fingerprint density at radius 3 is 2.19 bits per heavy atom. The van der Waals surface area contributed by atoms with Gasteiger partial charge in [-0.15, -0.1) is 0 Å². The van der Waals surface area contributed by atoms with Gasteiger partial charge in [-0.2, -0.15) is 0 Å². The van der Waals surface area contributed by atoms with Crippen LogP contribution in [0.25, 0.3) is 0 Å². The van der Waals surface area contributed by atoms with E-state index in [1.54, 1.807) is 30.3 Å². The molecule has 0 aromatic heterocycles. The zero-order valence-corrected chi connectivity index (χ0v) is 13.2. The molecule has 0 aliphatic carbocycles. The van der Waals surface area contributed by atoms with Crippen LogP contribution in [0.15, 0.2) is 47.4 Å². The van der Waals surface area contributed by atoms with E-state index in [-0.39, 0.29) is 4.90 Å². The Bertz CT molecular complexity index is 735. The zero-order valence-electron chi connectivity index (χ0n) is 12.4. The van der Waals surface area contributed by atoms with Crippen molar-refractivity contribution < 1.29 is 8.42 Å². The summed E-state index contributed by atoms with van der Waals surface area (Å²) in [6, 6.07) is 12.0. The van der Waals surface area contributed by atoms with E-state index in [0.29, 0.717) is 17.3 Å². The highest BCUT2D eigenvalue weighted by Crippen LogP contribution is 2.22. The maximum Gasteiger partial charge on any atom is 0.261 e. The highest BCUT2D eigenvalue weighted by Gasteiger charge is 2.14. The van der Waals surface area contributed by atoms with E-state index in [2.05, 4.69) is 18.6 Å². The second kappa shape index (κ2) is 5.77. The summed E-state index contributed by atoms with van der Waals surface area (Å²) in [7, 11) is -3.58. The van der Waals surface area contributed by atoms with Gasteiger partial charge < -0.3 is 5.73 Å². The van der Waals surface area contributed by atoms with Crippen LogP contribution in [-0.2, 0) is 10.0 Å². The first-order valence-electron chi connectivity index (χ1n) is 6.78. The van der Waals surface area contributed by atoms with Crippen molar-refractivity contribution in [2.24, 2.45) is 0 Å². The molecular formula is C16H20N2O2S. The average molecular weight is 304 g/mol. The van der Waals surface area contributed by atoms with Gasteiger partial charge in [0.25, 0.3) is 10.0 Å². The highest BCUT2D eigenvalue weighted by molar-refractivity contribution is 7.92. The highest BCUT2D eigenvalue weighted by atomic mass is 32.2. The molecule has 0 saturated heterocycles. The van der Waals surface area contributed by atoms with E-state index in [0.717, 1.165) is 11.1 Å². The van der Waals surface area contributed by atoms with Crippen LogP contribution >= 0.6 is 0 Å². The van der Waals surface area contributed by atoms with Gasteiger partial charge in [-0.1, -0.05) is 26.0 Å². The van der Waals surface area contributed by atoms with Crippen LogP contribution in [0.3, 0.4) is 0 Å². The second-order valence-electron chi connectivity index (χ2n) is 5.40. The lowest BCUT2D eigenvalue weighted by molar-refractivity contribution is 0.601. The van der Waals surface area contributed by atoms with Crippen molar-refractivity contribution in [1.29, 1.82) is 0 Å². The van der Waals surface area contributed by atoms with Crippen LogP contribution in [0.5, 0.6) is 0 Å². The molecule has 2 aromatic rings. The van der Waals surface area contributed by atoms with E-state index in [4.69, 9.17) is 5.73 Å². The average Bonchev–Trinajstić information content (AvgIpc) is 2.43. The maximum absolute atomic E-state index is 12.3. The third-order valence-electron chi connectivity index (χ3n) is 3.38. The number of sulfonamides is 1. The summed E-state index contributed by atoms with van der Waals surface area (Å²) in [5.41, 5.74) is 8.83. The minimum absolute atomic E-state index is 0.251. The molecule has 2 rings (SSSR count). The first-order chi connectivity index (χ1) is 9.79. The lowest BCUT2D eigenvalue weighted by atomic mass is 10.0. The first-order valence-corrected chi connectivity index (χ1v) is 8.27. The number of nitrogens with one attached hydrogen (secondary N) is 1. The summed E-state index contributed by atoms with van der Waals surface area (Å²) >= 11 is 0. The van der Waals surface area contributed by atoms with Crippen LogP contribution in [0.4, 0.5) is 11.4 Å². The quantitative estimate of drug-likeness (QED) is 0.849. The number of nitrogens with two attached hydrogens (primary N) is 1. The molecule has 112 valence electrons. The Balaban J connectivity index is 2.27. The molecule has 0 atom stereocenters. The number of aryl methyl sites for hydroxylation is 1. The molecule has 0 bridgehead atoms. The fourth-order valence-electron chi connectivity index (χ4n) is 1.99. The van der Waals surface area contributed by atoms with Crippen LogP contribution in [-0.4, -0.2) is 8.42 Å². The largest absolute Gasteiger partial charge is 0.399 e. The number of hydrogen-bond acceptors (Lipinski definition) is 3. The Hall–Kier alpha value is -2.01. The van der Waals surface area contributed by atoms with E-state index < -0.39 is 10.0 Å². The molecule has 4 nitrogen and oxygen atoms in total. The third kappa shape index (κ3) is 3.55.